The van der Waals surface area contributed by atoms with Gasteiger partial charge in [-0.15, -0.1) is 0 Å². The molecule has 1 rings (SSSR count). The smallest absolute Gasteiger partial charge is 0.181 e. The van der Waals surface area contributed by atoms with Gasteiger partial charge in [0.15, 0.2) is 6.19 Å². The lowest BCUT2D eigenvalue weighted by Gasteiger charge is -1.99. The Bertz CT molecular complexity index is 284. The fraction of sp³-hybridized carbons (Fsp3) is 0. The van der Waals surface area contributed by atoms with Crippen LogP contribution in [0.2, 0.25) is 0 Å². The lowest BCUT2D eigenvalue weighted by atomic mass is 10.3. The van der Waals surface area contributed by atoms with Crippen LogP contribution in [0.4, 0.5) is 14.5 Å². The van der Waals surface area contributed by atoms with Crippen LogP contribution in [0.5, 0.6) is 0 Å². The molecule has 0 aliphatic carbocycles. The van der Waals surface area contributed by atoms with Crippen molar-refractivity contribution in [1.29, 1.82) is 5.26 Å². The van der Waals surface area contributed by atoms with Crippen molar-refractivity contribution < 1.29 is 8.78 Å². The Morgan fingerprint density at radius 2 is 1.82 bits per heavy atom. The van der Waals surface area contributed by atoms with Gasteiger partial charge in [0, 0.05) is 0 Å². The third kappa shape index (κ3) is 1.44. The summed E-state index contributed by atoms with van der Waals surface area (Å²) in [7, 11) is 0. The number of hydrogen-bond donors (Lipinski definition) is 1. The minimum atomic E-state index is -0.772. The Morgan fingerprint density at radius 3 is 2.27 bits per heavy atom. The molecule has 0 unspecified atom stereocenters. The Labute approximate surface area is 62.1 Å². The van der Waals surface area contributed by atoms with Crippen LogP contribution in [0, 0.1) is 23.1 Å². The third-order valence-corrected chi connectivity index (χ3v) is 1.14. The Balaban J connectivity index is 3.12. The topological polar surface area (TPSA) is 35.8 Å². The van der Waals surface area contributed by atoms with Crippen LogP contribution in [0.25, 0.3) is 0 Å². The first-order valence-corrected chi connectivity index (χ1v) is 2.85. The summed E-state index contributed by atoms with van der Waals surface area (Å²) in [5.74, 6) is -1.54. The molecule has 1 aromatic carbocycles. The number of anilines is 1. The minimum absolute atomic E-state index is 0.407. The van der Waals surface area contributed by atoms with Gasteiger partial charge in [-0.3, -0.25) is 5.32 Å². The zero-order chi connectivity index (χ0) is 8.27. The van der Waals surface area contributed by atoms with Crippen molar-refractivity contribution in [3.8, 4) is 6.19 Å². The maximum absolute atomic E-state index is 12.6. The molecule has 2 nitrogen and oxygen atoms in total. The molecular formula is C7H4F2N2. The Morgan fingerprint density at radius 1 is 1.27 bits per heavy atom. The normalized spacial score (nSPS) is 8.82. The molecule has 0 atom stereocenters. The summed E-state index contributed by atoms with van der Waals surface area (Å²) in [6, 6.07) is 3.37. The molecule has 0 spiro atoms. The molecule has 1 N–H and O–H groups in total. The fourth-order valence-electron chi connectivity index (χ4n) is 0.673. The maximum atomic E-state index is 12.6. The highest BCUT2D eigenvalue weighted by Gasteiger charge is 2.05. The number of nitrogens with zero attached hydrogens (tertiary/aromatic N) is 1. The number of nitrogens with one attached hydrogen (secondary N) is 1. The van der Waals surface area contributed by atoms with E-state index in [1.807, 2.05) is 5.32 Å². The van der Waals surface area contributed by atoms with Crippen LogP contribution in [0.15, 0.2) is 18.2 Å². The predicted molar refractivity (Wildman–Crippen MR) is 35.6 cm³/mol. The van der Waals surface area contributed by atoms with Crippen molar-refractivity contribution in [3.05, 3.63) is 29.8 Å². The molecule has 0 saturated heterocycles. The second kappa shape index (κ2) is 2.97. The standard InChI is InChI=1S/C7H4F2N2/c8-5-2-1-3-6(9)7(5)11-4-10/h1-3,11H. The van der Waals surface area contributed by atoms with Gasteiger partial charge in [0.1, 0.15) is 17.3 Å². The van der Waals surface area contributed by atoms with E-state index in [1.54, 1.807) is 0 Å². The van der Waals surface area contributed by atoms with E-state index >= 15 is 0 Å². The van der Waals surface area contributed by atoms with E-state index in [-0.39, 0.29) is 0 Å². The van der Waals surface area contributed by atoms with Crippen LogP contribution in [-0.4, -0.2) is 0 Å². The summed E-state index contributed by atoms with van der Waals surface area (Å²) in [4.78, 5) is 0. The van der Waals surface area contributed by atoms with E-state index in [1.165, 1.54) is 12.3 Å². The molecule has 11 heavy (non-hydrogen) atoms. The van der Waals surface area contributed by atoms with E-state index in [9.17, 15) is 8.78 Å². The van der Waals surface area contributed by atoms with Crippen LogP contribution in [0.1, 0.15) is 0 Å². The molecule has 0 bridgehead atoms. The SMILES string of the molecule is N#CNc1c(F)cccc1F. The van der Waals surface area contributed by atoms with E-state index in [0.29, 0.717) is 0 Å². The van der Waals surface area contributed by atoms with Gasteiger partial charge in [-0.1, -0.05) is 6.07 Å². The molecule has 0 amide bonds. The van der Waals surface area contributed by atoms with Gasteiger partial charge in [0.2, 0.25) is 0 Å². The number of para-hydroxylation sites is 1. The lowest BCUT2D eigenvalue weighted by Crippen LogP contribution is -1.94. The molecular weight excluding hydrogens is 150 g/mol. The lowest BCUT2D eigenvalue weighted by molar-refractivity contribution is 0.591. The summed E-state index contributed by atoms with van der Waals surface area (Å²) in [6.45, 7) is 0. The summed E-state index contributed by atoms with van der Waals surface area (Å²) < 4.78 is 25.2. The average molecular weight is 154 g/mol. The molecule has 0 radical (unpaired) electrons. The zero-order valence-electron chi connectivity index (χ0n) is 5.44. The second-order valence-electron chi connectivity index (χ2n) is 1.83. The third-order valence-electron chi connectivity index (χ3n) is 1.14. The van der Waals surface area contributed by atoms with Crippen molar-refractivity contribution in [3.63, 3.8) is 0 Å². The fourth-order valence-corrected chi connectivity index (χ4v) is 0.673. The summed E-state index contributed by atoms with van der Waals surface area (Å²) >= 11 is 0. The number of hydrogen-bond acceptors (Lipinski definition) is 2. The molecule has 0 heterocycles. The summed E-state index contributed by atoms with van der Waals surface area (Å²) in [6.07, 6.45) is 1.44. The van der Waals surface area contributed by atoms with Crippen molar-refractivity contribution in [2.75, 3.05) is 5.32 Å². The van der Waals surface area contributed by atoms with E-state index in [0.717, 1.165) is 12.1 Å². The number of nitriles is 1. The van der Waals surface area contributed by atoms with Crippen LogP contribution >= 0.6 is 0 Å². The Hall–Kier alpha value is -1.63. The first kappa shape index (κ1) is 7.48. The van der Waals surface area contributed by atoms with Crippen molar-refractivity contribution in [2.45, 2.75) is 0 Å². The van der Waals surface area contributed by atoms with Gasteiger partial charge in [0.25, 0.3) is 0 Å². The zero-order valence-corrected chi connectivity index (χ0v) is 5.44. The molecule has 0 aliphatic rings. The highest BCUT2D eigenvalue weighted by Crippen LogP contribution is 2.16. The second-order valence-corrected chi connectivity index (χ2v) is 1.83. The largest absolute Gasteiger partial charge is 0.287 e. The van der Waals surface area contributed by atoms with Crippen molar-refractivity contribution in [2.24, 2.45) is 0 Å². The number of rotatable bonds is 1. The summed E-state index contributed by atoms with van der Waals surface area (Å²) in [5.41, 5.74) is -0.407. The number of benzene rings is 1. The molecule has 0 saturated carbocycles. The van der Waals surface area contributed by atoms with Gasteiger partial charge < -0.3 is 0 Å². The van der Waals surface area contributed by atoms with Crippen LogP contribution < -0.4 is 5.32 Å². The first-order valence-electron chi connectivity index (χ1n) is 2.85. The first-order chi connectivity index (χ1) is 5.25. The van der Waals surface area contributed by atoms with Gasteiger partial charge in [-0.25, -0.2) is 8.78 Å². The molecule has 56 valence electrons. The molecule has 0 fully saturated rings. The summed E-state index contributed by atoms with van der Waals surface area (Å²) in [5, 5.41) is 9.97. The predicted octanol–water partition coefficient (Wildman–Crippen LogP) is 1.86. The quantitative estimate of drug-likeness (QED) is 0.495. The van der Waals surface area contributed by atoms with Gasteiger partial charge in [-0.2, -0.15) is 5.26 Å². The molecule has 1 aromatic rings. The monoisotopic (exact) mass is 154 g/mol. The van der Waals surface area contributed by atoms with Gasteiger partial charge in [0.05, 0.1) is 0 Å². The minimum Gasteiger partial charge on any atom is -0.287 e. The van der Waals surface area contributed by atoms with E-state index in [4.69, 9.17) is 5.26 Å². The Kier molecular flexibility index (Phi) is 2.02. The van der Waals surface area contributed by atoms with Gasteiger partial charge in [-0.05, 0) is 12.1 Å². The molecule has 4 heteroatoms. The molecule has 0 aliphatic heterocycles. The highest BCUT2D eigenvalue weighted by atomic mass is 19.1. The van der Waals surface area contributed by atoms with Crippen LogP contribution in [0.3, 0.4) is 0 Å². The number of halogens is 2. The van der Waals surface area contributed by atoms with E-state index in [2.05, 4.69) is 0 Å². The van der Waals surface area contributed by atoms with Crippen molar-refractivity contribution >= 4 is 5.69 Å². The average Bonchev–Trinajstić information content (AvgIpc) is 1.97. The molecule has 0 aromatic heterocycles. The maximum Gasteiger partial charge on any atom is 0.181 e. The van der Waals surface area contributed by atoms with Crippen LogP contribution in [-0.2, 0) is 0 Å². The highest BCUT2D eigenvalue weighted by molar-refractivity contribution is 5.48. The van der Waals surface area contributed by atoms with Crippen molar-refractivity contribution in [1.82, 2.24) is 0 Å². The van der Waals surface area contributed by atoms with E-state index < -0.39 is 17.3 Å². The van der Waals surface area contributed by atoms with Gasteiger partial charge >= 0.3 is 0 Å².